The molecule has 22 heavy (non-hydrogen) atoms. The van der Waals surface area contributed by atoms with Crippen LogP contribution in [0.2, 0.25) is 0 Å². The molecule has 4 heteroatoms. The maximum Gasteiger partial charge on any atom is 0.251 e. The van der Waals surface area contributed by atoms with E-state index < -0.39 is 0 Å². The van der Waals surface area contributed by atoms with Crippen LogP contribution in [-0.4, -0.2) is 11.0 Å². The number of phenolic OH excluding ortho intramolecular Hbond substituents is 1. The summed E-state index contributed by atoms with van der Waals surface area (Å²) in [6, 6.07) is 12.6. The molecular formula is C18H18BrNO2. The van der Waals surface area contributed by atoms with Crippen molar-refractivity contribution in [2.45, 2.75) is 19.9 Å². The van der Waals surface area contributed by atoms with E-state index in [0.29, 0.717) is 17.7 Å². The summed E-state index contributed by atoms with van der Waals surface area (Å²) in [7, 11) is 0. The Bertz CT molecular complexity index is 695. The first-order valence-corrected chi connectivity index (χ1v) is 7.91. The van der Waals surface area contributed by atoms with E-state index in [1.165, 1.54) is 0 Å². The average Bonchev–Trinajstić information content (AvgIpc) is 2.52. The zero-order valence-electron chi connectivity index (χ0n) is 12.3. The fourth-order valence-corrected chi connectivity index (χ4v) is 2.45. The molecule has 0 unspecified atom stereocenters. The highest BCUT2D eigenvalue weighted by Gasteiger charge is 2.08. The van der Waals surface area contributed by atoms with E-state index in [4.69, 9.17) is 0 Å². The molecule has 0 spiro atoms. The van der Waals surface area contributed by atoms with E-state index in [1.807, 2.05) is 43.3 Å². The molecule has 0 saturated carbocycles. The van der Waals surface area contributed by atoms with Crippen LogP contribution in [0, 0.1) is 0 Å². The van der Waals surface area contributed by atoms with Crippen LogP contribution in [-0.2, 0) is 6.54 Å². The number of hydrogen-bond donors (Lipinski definition) is 2. The van der Waals surface area contributed by atoms with Gasteiger partial charge in [0.15, 0.2) is 0 Å². The van der Waals surface area contributed by atoms with Gasteiger partial charge in [-0.2, -0.15) is 0 Å². The van der Waals surface area contributed by atoms with Crippen molar-refractivity contribution >= 4 is 27.9 Å². The smallest absolute Gasteiger partial charge is 0.251 e. The topological polar surface area (TPSA) is 49.3 Å². The third-order valence-corrected chi connectivity index (χ3v) is 3.66. The number of allylic oxidation sites excluding steroid dienone is 1. The fourth-order valence-electron chi connectivity index (χ4n) is 2.01. The van der Waals surface area contributed by atoms with Gasteiger partial charge in [-0.15, -0.1) is 0 Å². The van der Waals surface area contributed by atoms with Gasteiger partial charge in [-0.3, -0.25) is 4.79 Å². The second-order valence-corrected chi connectivity index (χ2v) is 5.81. The highest BCUT2D eigenvalue weighted by molar-refractivity contribution is 9.10. The van der Waals surface area contributed by atoms with E-state index in [-0.39, 0.29) is 11.7 Å². The molecule has 0 aliphatic carbocycles. The van der Waals surface area contributed by atoms with Gasteiger partial charge >= 0.3 is 0 Å². The minimum Gasteiger partial charge on any atom is -0.507 e. The van der Waals surface area contributed by atoms with Gasteiger partial charge in [-0.25, -0.2) is 0 Å². The van der Waals surface area contributed by atoms with Crippen molar-refractivity contribution < 1.29 is 9.90 Å². The lowest BCUT2D eigenvalue weighted by atomic mass is 10.1. The Kier molecular flexibility index (Phi) is 5.78. The number of phenols is 1. The van der Waals surface area contributed by atoms with Crippen LogP contribution in [0.15, 0.2) is 53.0 Å². The standard InChI is InChI=1S/C18H18BrNO2/c1-2-3-6-14-11-15(8-9-17(14)21)18(22)20-12-13-5-4-7-16(19)10-13/h3-11,21H,2,12H2,1H3,(H,20,22). The molecule has 2 aromatic carbocycles. The summed E-state index contributed by atoms with van der Waals surface area (Å²) in [5.74, 6) is 0.0133. The lowest BCUT2D eigenvalue weighted by Gasteiger charge is -2.07. The summed E-state index contributed by atoms with van der Waals surface area (Å²) in [4.78, 5) is 12.2. The molecule has 0 aromatic heterocycles. The number of benzene rings is 2. The molecule has 0 aliphatic rings. The third-order valence-electron chi connectivity index (χ3n) is 3.16. The van der Waals surface area contributed by atoms with Gasteiger partial charge in [0.25, 0.3) is 5.91 Å². The molecule has 2 N–H and O–H groups in total. The average molecular weight is 360 g/mol. The Hall–Kier alpha value is -2.07. The van der Waals surface area contributed by atoms with Crippen LogP contribution in [0.3, 0.4) is 0 Å². The maximum absolute atomic E-state index is 12.2. The number of carbonyl (C=O) groups is 1. The molecule has 1 amide bonds. The summed E-state index contributed by atoms with van der Waals surface area (Å²) < 4.78 is 0.982. The first-order valence-electron chi connectivity index (χ1n) is 7.12. The van der Waals surface area contributed by atoms with Gasteiger partial charge in [0.05, 0.1) is 0 Å². The highest BCUT2D eigenvalue weighted by atomic mass is 79.9. The third kappa shape index (κ3) is 4.46. The second kappa shape index (κ2) is 7.80. The number of nitrogens with one attached hydrogen (secondary N) is 1. The van der Waals surface area contributed by atoms with E-state index >= 15 is 0 Å². The second-order valence-electron chi connectivity index (χ2n) is 4.90. The molecule has 0 radical (unpaired) electrons. The summed E-state index contributed by atoms with van der Waals surface area (Å²) in [6.45, 7) is 2.47. The van der Waals surface area contributed by atoms with Gasteiger partial charge in [0, 0.05) is 22.1 Å². The summed E-state index contributed by atoms with van der Waals surface area (Å²) in [5, 5.41) is 12.7. The van der Waals surface area contributed by atoms with Gasteiger partial charge in [-0.1, -0.05) is 47.1 Å². The Balaban J connectivity index is 2.07. The molecule has 0 saturated heterocycles. The number of hydrogen-bond acceptors (Lipinski definition) is 2. The van der Waals surface area contributed by atoms with E-state index in [2.05, 4.69) is 21.2 Å². The molecule has 2 aromatic rings. The molecule has 0 fully saturated rings. The largest absolute Gasteiger partial charge is 0.507 e. The van der Waals surface area contributed by atoms with Crippen LogP contribution >= 0.6 is 15.9 Å². The molecule has 3 nitrogen and oxygen atoms in total. The number of rotatable bonds is 5. The van der Waals surface area contributed by atoms with Gasteiger partial charge in [0.2, 0.25) is 0 Å². The Morgan fingerprint density at radius 1 is 1.27 bits per heavy atom. The van der Waals surface area contributed by atoms with Crippen molar-refractivity contribution in [2.75, 3.05) is 0 Å². The van der Waals surface area contributed by atoms with Gasteiger partial charge < -0.3 is 10.4 Å². The minimum absolute atomic E-state index is 0.161. The summed E-state index contributed by atoms with van der Waals surface area (Å²) >= 11 is 3.41. The SMILES string of the molecule is CCC=Cc1cc(C(=O)NCc2cccc(Br)c2)ccc1O. The van der Waals surface area contributed by atoms with Crippen LogP contribution in [0.4, 0.5) is 0 Å². The lowest BCUT2D eigenvalue weighted by molar-refractivity contribution is 0.0951. The number of aromatic hydroxyl groups is 1. The predicted molar refractivity (Wildman–Crippen MR) is 92.7 cm³/mol. The first kappa shape index (κ1) is 16.3. The number of halogens is 1. The van der Waals surface area contributed by atoms with E-state index in [1.54, 1.807) is 18.2 Å². The van der Waals surface area contributed by atoms with Crippen LogP contribution < -0.4 is 5.32 Å². The van der Waals surface area contributed by atoms with E-state index in [0.717, 1.165) is 16.5 Å². The molecule has 2 rings (SSSR count). The monoisotopic (exact) mass is 359 g/mol. The Morgan fingerprint density at radius 3 is 2.82 bits per heavy atom. The number of amides is 1. The quantitative estimate of drug-likeness (QED) is 0.824. The molecule has 0 aliphatic heterocycles. The van der Waals surface area contributed by atoms with Crippen molar-refractivity contribution in [3.8, 4) is 5.75 Å². The van der Waals surface area contributed by atoms with Crippen molar-refractivity contribution in [3.63, 3.8) is 0 Å². The zero-order chi connectivity index (χ0) is 15.9. The van der Waals surface area contributed by atoms with Crippen LogP contribution in [0.1, 0.15) is 34.8 Å². The predicted octanol–water partition coefficient (Wildman–Crippen LogP) is 4.51. The van der Waals surface area contributed by atoms with Crippen LogP contribution in [0.5, 0.6) is 5.75 Å². The van der Waals surface area contributed by atoms with Gasteiger partial charge in [-0.05, 0) is 42.3 Å². The van der Waals surface area contributed by atoms with Gasteiger partial charge in [0.1, 0.15) is 5.75 Å². The van der Waals surface area contributed by atoms with Crippen LogP contribution in [0.25, 0.3) is 6.08 Å². The highest BCUT2D eigenvalue weighted by Crippen LogP contribution is 2.20. The van der Waals surface area contributed by atoms with Crippen molar-refractivity contribution in [1.82, 2.24) is 5.32 Å². The zero-order valence-corrected chi connectivity index (χ0v) is 13.9. The first-order chi connectivity index (χ1) is 10.6. The molecule has 0 heterocycles. The van der Waals surface area contributed by atoms with Crippen molar-refractivity contribution in [1.29, 1.82) is 0 Å². The minimum atomic E-state index is -0.161. The summed E-state index contributed by atoms with van der Waals surface area (Å²) in [5.41, 5.74) is 2.20. The Morgan fingerprint density at radius 2 is 2.09 bits per heavy atom. The molecular weight excluding hydrogens is 342 g/mol. The fraction of sp³-hybridized carbons (Fsp3) is 0.167. The molecule has 114 valence electrons. The van der Waals surface area contributed by atoms with Crippen molar-refractivity contribution in [3.05, 3.63) is 69.7 Å². The normalized spacial score (nSPS) is 10.8. The summed E-state index contributed by atoms with van der Waals surface area (Å²) in [6.07, 6.45) is 4.64. The Labute approximate surface area is 138 Å². The molecule has 0 atom stereocenters. The van der Waals surface area contributed by atoms with Crippen molar-refractivity contribution in [2.24, 2.45) is 0 Å². The lowest BCUT2D eigenvalue weighted by Crippen LogP contribution is -2.22. The molecule has 0 bridgehead atoms. The number of carbonyl (C=O) groups excluding carboxylic acids is 1. The van der Waals surface area contributed by atoms with E-state index in [9.17, 15) is 9.90 Å². The maximum atomic E-state index is 12.2.